The van der Waals surface area contributed by atoms with Crippen molar-refractivity contribution in [1.82, 2.24) is 40.5 Å². The van der Waals surface area contributed by atoms with Crippen LogP contribution < -0.4 is 25.0 Å². The van der Waals surface area contributed by atoms with Gasteiger partial charge < -0.3 is 44.6 Å². The predicted molar refractivity (Wildman–Crippen MR) is 295 cm³/mol. The third-order valence-corrected chi connectivity index (χ3v) is 16.5. The lowest BCUT2D eigenvalue weighted by molar-refractivity contribution is -0.141. The van der Waals surface area contributed by atoms with Gasteiger partial charge in [-0.25, -0.2) is 22.0 Å². The first-order valence-corrected chi connectivity index (χ1v) is 27.8. The van der Waals surface area contributed by atoms with Gasteiger partial charge in [0, 0.05) is 67.4 Å². The van der Waals surface area contributed by atoms with E-state index in [9.17, 15) is 33.0 Å². The van der Waals surface area contributed by atoms with Crippen LogP contribution in [-0.4, -0.2) is 129 Å². The number of nitrogens with zero attached hydrogens (tertiary/aromatic N) is 7. The average molecular weight is 1130 g/mol. The van der Waals surface area contributed by atoms with E-state index in [1.165, 1.54) is 47.5 Å². The maximum absolute atomic E-state index is 17.1. The zero-order chi connectivity index (χ0) is 57.5. The molecule has 4 saturated heterocycles. The summed E-state index contributed by atoms with van der Waals surface area (Å²) in [6, 6.07) is 14.0. The Hall–Kier alpha value is -7.93. The monoisotopic (exact) mass is 1130 g/mol. The minimum absolute atomic E-state index is 0.00567. The molecule has 6 atom stereocenters. The largest absolute Gasteiger partial charge is 0.508 e. The number of piperidine rings is 1. The summed E-state index contributed by atoms with van der Waals surface area (Å²) in [4.78, 5) is 47.9. The number of ether oxygens (including phenoxy) is 2. The van der Waals surface area contributed by atoms with Crippen molar-refractivity contribution in [3.63, 3.8) is 0 Å². The molecule has 2 unspecified atom stereocenters. The zero-order valence-corrected chi connectivity index (χ0v) is 45.5. The molecule has 11 rings (SSSR count). The van der Waals surface area contributed by atoms with Crippen LogP contribution in [-0.2, 0) is 9.59 Å². The zero-order valence-electron chi connectivity index (χ0n) is 45.5. The van der Waals surface area contributed by atoms with E-state index >= 15 is 8.78 Å². The summed E-state index contributed by atoms with van der Waals surface area (Å²) in [5, 5.41) is 33.1. The van der Waals surface area contributed by atoms with E-state index in [0.717, 1.165) is 57.5 Å². The Bertz CT molecular complexity index is 3590. The lowest BCUT2D eigenvalue weighted by Crippen LogP contribution is -2.48. The number of hydrogen-bond donors (Lipinski definition) is 4. The van der Waals surface area contributed by atoms with Crippen LogP contribution in [0, 0.1) is 59.2 Å². The Morgan fingerprint density at radius 2 is 1.67 bits per heavy atom. The molecule has 2 bridgehead atoms. The van der Waals surface area contributed by atoms with Crippen LogP contribution in [0.4, 0.5) is 27.8 Å². The number of β-amino-alcohol motifs (C(OH)–C–C–N with tert-alkyl or cyclic N) is 1. The number of aliphatic hydroxyl groups is 1. The molecule has 7 aromatic rings. The number of aliphatic hydroxyl groups excluding tert-OH is 1. The minimum atomic E-state index is -1.57. The van der Waals surface area contributed by atoms with Gasteiger partial charge in [-0.05, 0) is 122 Å². The summed E-state index contributed by atoms with van der Waals surface area (Å²) in [6.45, 7) is 10.2. The number of pyridine rings is 1. The number of aromatic nitrogens is 4. The average Bonchev–Trinajstić information content (AvgIpc) is 4.33. The van der Waals surface area contributed by atoms with Gasteiger partial charge in [0.2, 0.25) is 11.8 Å². The molecule has 7 heterocycles. The van der Waals surface area contributed by atoms with Crippen molar-refractivity contribution in [3.05, 3.63) is 119 Å². The number of carbonyl (C=O) groups excluding carboxylic acids is 2. The van der Waals surface area contributed by atoms with Gasteiger partial charge in [-0.3, -0.25) is 19.5 Å². The fraction of sp³-hybridized carbons (Fsp3) is 0.410. The van der Waals surface area contributed by atoms with Gasteiger partial charge in [0.1, 0.15) is 47.2 Å². The number of nitrogens with one attached hydrogen (secondary N) is 2. The Morgan fingerprint density at radius 3 is 2.44 bits per heavy atom. The highest BCUT2D eigenvalue weighted by atomic mass is 19.2. The highest BCUT2D eigenvalue weighted by Gasteiger charge is 2.44. The standard InChI is InChI=1S/C61H62F5N9O7/c1-5-42-46(62)12-10-38-23-40(76)24-44(52(38)42)56-55(66)57-45(28-68-56)58(74-19-16-35-22-39(29-74)67-27-35)71-61(70-57)80-21-20-73-17-14-34(15-18-73)31-81-50-26-49(82-72-50)51(32(2)3)60(79)75-30-41(77)25-48(75)59(78)69-33(4)36-6-8-37(9-7-36)43-11-13-47(63)54(65)53(43)64/h1,6-13,23-24,26,28,32-35,39,41,48,51,67,76-77H,14-22,25,27,29-31H2,2-4H3,(H,69,78)/t33-,35?,39?,41+,48-,51+/m0/s1. The SMILES string of the molecule is C#Cc1c(F)ccc2cc(O)cc(-c3ncc4c(N5CCC6CNC(C6)C5)nc(OCCN5CCC(COc6cc([C@H](C(=O)N7C[C@H](O)C[C@H]7C(=O)N[C@@H](C)c7ccc(-c8ccc(F)c(F)c8F)cc7)C(C)C)on6)CC5)nc4c3F)c12. The van der Waals surface area contributed by atoms with Crippen molar-refractivity contribution in [2.24, 2.45) is 17.8 Å². The number of amides is 2. The summed E-state index contributed by atoms with van der Waals surface area (Å²) in [5.41, 5.74) is 0.684. The maximum atomic E-state index is 17.1. The Labute approximate surface area is 470 Å². The molecule has 2 amide bonds. The number of carbonyl (C=O) groups is 2. The van der Waals surface area contributed by atoms with Crippen LogP contribution in [0.3, 0.4) is 0 Å². The van der Waals surface area contributed by atoms with Crippen molar-refractivity contribution < 1.29 is 55.8 Å². The molecule has 4 N–H and O–H groups in total. The smallest absolute Gasteiger partial charge is 0.319 e. The number of anilines is 1. The van der Waals surface area contributed by atoms with Gasteiger partial charge in [-0.15, -0.1) is 6.42 Å². The first-order chi connectivity index (χ1) is 39.5. The topological polar surface area (TPSA) is 192 Å². The maximum Gasteiger partial charge on any atom is 0.319 e. The summed E-state index contributed by atoms with van der Waals surface area (Å²) in [6.07, 6.45) is 9.89. The van der Waals surface area contributed by atoms with Crippen molar-refractivity contribution in [3.8, 4) is 52.4 Å². The highest BCUT2D eigenvalue weighted by molar-refractivity contribution is 6.03. The molecule has 0 radical (unpaired) electrons. The number of terminal acetylenes is 1. The van der Waals surface area contributed by atoms with Crippen LogP contribution in [0.1, 0.15) is 81.7 Å². The van der Waals surface area contributed by atoms with Crippen LogP contribution in [0.5, 0.6) is 17.6 Å². The molecule has 21 heteroatoms. The lowest BCUT2D eigenvalue weighted by atomic mass is 9.91. The molecule has 3 aromatic heterocycles. The number of likely N-dealkylation sites (tertiary alicyclic amines) is 2. The van der Waals surface area contributed by atoms with E-state index < -0.39 is 65.0 Å². The normalized spacial score (nSPS) is 20.3. The Balaban J connectivity index is 0.704. The molecule has 4 aliphatic rings. The summed E-state index contributed by atoms with van der Waals surface area (Å²) in [5.74, 6) is -3.77. The molecule has 428 valence electrons. The molecular formula is C61H62F5N9O7. The molecular weight excluding hydrogens is 1070 g/mol. The van der Waals surface area contributed by atoms with Crippen molar-refractivity contribution in [2.45, 2.75) is 83.0 Å². The number of fused-ring (bicyclic) bond motifs is 4. The number of rotatable bonds is 16. The molecule has 16 nitrogen and oxygen atoms in total. The van der Waals surface area contributed by atoms with E-state index in [0.29, 0.717) is 59.9 Å². The van der Waals surface area contributed by atoms with Gasteiger partial charge in [-0.2, -0.15) is 9.97 Å². The summed E-state index contributed by atoms with van der Waals surface area (Å²) >= 11 is 0. The van der Waals surface area contributed by atoms with E-state index in [1.807, 2.05) is 13.8 Å². The van der Waals surface area contributed by atoms with E-state index in [1.54, 1.807) is 25.1 Å². The second-order valence-electron chi connectivity index (χ2n) is 22.3. The molecule has 0 aliphatic carbocycles. The highest BCUT2D eigenvalue weighted by Crippen LogP contribution is 2.40. The van der Waals surface area contributed by atoms with Gasteiger partial charge >= 0.3 is 6.01 Å². The molecule has 0 spiro atoms. The molecule has 4 aromatic carbocycles. The van der Waals surface area contributed by atoms with E-state index in [4.69, 9.17) is 25.4 Å². The van der Waals surface area contributed by atoms with Crippen molar-refractivity contribution in [2.75, 3.05) is 63.9 Å². The summed E-state index contributed by atoms with van der Waals surface area (Å²) in [7, 11) is 0. The van der Waals surface area contributed by atoms with Crippen LogP contribution in [0.25, 0.3) is 44.1 Å². The van der Waals surface area contributed by atoms with Gasteiger partial charge in [0.15, 0.2) is 29.0 Å². The van der Waals surface area contributed by atoms with Gasteiger partial charge in [-0.1, -0.05) is 50.1 Å². The van der Waals surface area contributed by atoms with Crippen molar-refractivity contribution in [1.29, 1.82) is 0 Å². The predicted octanol–water partition coefficient (Wildman–Crippen LogP) is 8.82. The molecule has 4 aliphatic heterocycles. The lowest BCUT2D eigenvalue weighted by Gasteiger charge is -2.31. The Kier molecular flexibility index (Phi) is 16.0. The molecule has 0 saturated carbocycles. The minimum Gasteiger partial charge on any atom is -0.508 e. The third kappa shape index (κ3) is 11.4. The second-order valence-corrected chi connectivity index (χ2v) is 22.3. The van der Waals surface area contributed by atoms with Gasteiger partial charge in [0.25, 0.3) is 5.88 Å². The summed E-state index contributed by atoms with van der Waals surface area (Å²) < 4.78 is 92.2. The molecule has 4 fully saturated rings. The number of aromatic hydroxyl groups is 1. The number of benzene rings is 4. The fourth-order valence-electron chi connectivity index (χ4n) is 12.1. The Morgan fingerprint density at radius 1 is 0.890 bits per heavy atom. The van der Waals surface area contributed by atoms with Gasteiger partial charge in [0.05, 0.1) is 29.7 Å². The fourth-order valence-corrected chi connectivity index (χ4v) is 12.1. The quantitative estimate of drug-likeness (QED) is 0.0408. The van der Waals surface area contributed by atoms with Crippen LogP contribution in [0.2, 0.25) is 0 Å². The van der Waals surface area contributed by atoms with Crippen LogP contribution >= 0.6 is 0 Å². The number of phenolic OH excluding ortho intramolecular Hbond substituents is 1. The van der Waals surface area contributed by atoms with E-state index in [2.05, 4.69) is 41.5 Å². The third-order valence-electron chi connectivity index (χ3n) is 16.5. The second kappa shape index (κ2) is 23.5. The number of hydrogen-bond acceptors (Lipinski definition) is 14. The molecule has 82 heavy (non-hydrogen) atoms. The van der Waals surface area contributed by atoms with E-state index in [-0.39, 0.29) is 94.1 Å². The first kappa shape index (κ1) is 56.0. The number of phenols is 1. The first-order valence-electron chi connectivity index (χ1n) is 27.8. The van der Waals surface area contributed by atoms with Crippen molar-refractivity contribution >= 4 is 39.3 Å². The number of halogens is 5. The van der Waals surface area contributed by atoms with Crippen LogP contribution in [0.15, 0.2) is 77.4 Å².